The summed E-state index contributed by atoms with van der Waals surface area (Å²) in [5.41, 5.74) is 4.03. The van der Waals surface area contributed by atoms with Crippen LogP contribution in [0, 0.1) is 46.3 Å². The van der Waals surface area contributed by atoms with Crippen molar-refractivity contribution in [2.24, 2.45) is 46.3 Å². The highest BCUT2D eigenvalue weighted by Crippen LogP contribution is 2.66. The molecule has 0 unspecified atom stereocenters. The minimum absolute atomic E-state index is 0.121. The highest BCUT2D eigenvalue weighted by molar-refractivity contribution is 5.39. The molecule has 1 aliphatic heterocycles. The quantitative estimate of drug-likeness (QED) is 0.532. The summed E-state index contributed by atoms with van der Waals surface area (Å²) in [6.45, 7) is 14.7. The summed E-state index contributed by atoms with van der Waals surface area (Å²) in [5, 5.41) is 10.2. The van der Waals surface area contributed by atoms with Crippen LogP contribution in [-0.4, -0.2) is 23.4 Å². The summed E-state index contributed by atoms with van der Waals surface area (Å²) in [7, 11) is 0. The van der Waals surface area contributed by atoms with Gasteiger partial charge >= 0.3 is 0 Å². The van der Waals surface area contributed by atoms with E-state index in [1.165, 1.54) is 31.3 Å². The third kappa shape index (κ3) is 3.03. The van der Waals surface area contributed by atoms with E-state index in [1.807, 2.05) is 0 Å². The van der Waals surface area contributed by atoms with Crippen LogP contribution in [0.4, 0.5) is 0 Å². The van der Waals surface area contributed by atoms with Gasteiger partial charge in [0.1, 0.15) is 0 Å². The minimum atomic E-state index is -0.121. The Morgan fingerprint density at radius 3 is 2.43 bits per heavy atom. The topological polar surface area (TPSA) is 32.8 Å². The standard InChI is InChI=1S/C28H44O2/c1-16(2)17(3)25-26(30-25)18(4)22-9-10-23-21-8-7-19-15-20(29)11-13-27(19,5)24(21)12-14-28(22,23)6/h7-8,16-18,20,22-26,29H,9-15H2,1-6H3/t17-,18-,20-,22+,23-,24-,25-,26-,27-,28+/m0/s1. The monoisotopic (exact) mass is 412 g/mol. The second kappa shape index (κ2) is 7.20. The minimum Gasteiger partial charge on any atom is -0.393 e. The second-order valence-electron chi connectivity index (χ2n) is 12.5. The molecule has 5 rings (SSSR count). The van der Waals surface area contributed by atoms with Gasteiger partial charge in [0.2, 0.25) is 0 Å². The Morgan fingerprint density at radius 2 is 1.70 bits per heavy atom. The highest BCUT2D eigenvalue weighted by Gasteiger charge is 2.60. The lowest BCUT2D eigenvalue weighted by Crippen LogP contribution is -2.47. The van der Waals surface area contributed by atoms with E-state index in [2.05, 4.69) is 53.7 Å². The molecule has 30 heavy (non-hydrogen) atoms. The molecule has 1 heterocycles. The smallest absolute Gasteiger partial charge is 0.0873 e. The second-order valence-corrected chi connectivity index (χ2v) is 12.5. The number of aliphatic hydroxyl groups is 1. The third-order valence-corrected chi connectivity index (χ3v) is 10.9. The van der Waals surface area contributed by atoms with Gasteiger partial charge in [-0.2, -0.15) is 0 Å². The van der Waals surface area contributed by atoms with Crippen molar-refractivity contribution in [3.05, 3.63) is 23.3 Å². The molecule has 2 nitrogen and oxygen atoms in total. The first kappa shape index (κ1) is 21.3. The van der Waals surface area contributed by atoms with Crippen molar-refractivity contribution in [1.29, 1.82) is 0 Å². The summed E-state index contributed by atoms with van der Waals surface area (Å²) in [5.74, 6) is 4.32. The number of allylic oxidation sites excluding steroid dienone is 3. The number of hydrogen-bond donors (Lipinski definition) is 1. The van der Waals surface area contributed by atoms with Crippen molar-refractivity contribution < 1.29 is 9.84 Å². The molecule has 0 aromatic rings. The number of rotatable bonds is 4. The van der Waals surface area contributed by atoms with Gasteiger partial charge in [0, 0.05) is 0 Å². The highest BCUT2D eigenvalue weighted by atomic mass is 16.6. The zero-order valence-electron chi connectivity index (χ0n) is 20.2. The molecule has 0 aromatic heterocycles. The Bertz CT molecular complexity index is 750. The Kier molecular flexibility index (Phi) is 5.10. The van der Waals surface area contributed by atoms with Gasteiger partial charge in [-0.05, 0) is 91.3 Å². The van der Waals surface area contributed by atoms with Crippen LogP contribution in [-0.2, 0) is 4.74 Å². The van der Waals surface area contributed by atoms with E-state index < -0.39 is 0 Å². The Balaban J connectivity index is 1.37. The molecule has 1 N–H and O–H groups in total. The van der Waals surface area contributed by atoms with E-state index in [0.29, 0.717) is 46.7 Å². The van der Waals surface area contributed by atoms with Gasteiger partial charge < -0.3 is 9.84 Å². The van der Waals surface area contributed by atoms with Crippen LogP contribution in [0.2, 0.25) is 0 Å². The third-order valence-electron chi connectivity index (χ3n) is 10.9. The Morgan fingerprint density at radius 1 is 0.933 bits per heavy atom. The summed E-state index contributed by atoms with van der Waals surface area (Å²) >= 11 is 0. The molecular weight excluding hydrogens is 368 g/mol. The van der Waals surface area contributed by atoms with E-state index in [0.717, 1.165) is 31.1 Å². The van der Waals surface area contributed by atoms with Crippen LogP contribution in [0.1, 0.15) is 86.5 Å². The number of aliphatic hydroxyl groups excluding tert-OH is 1. The number of epoxide rings is 1. The van der Waals surface area contributed by atoms with Crippen molar-refractivity contribution in [2.45, 2.75) is 105 Å². The van der Waals surface area contributed by atoms with Crippen LogP contribution in [0.25, 0.3) is 0 Å². The van der Waals surface area contributed by atoms with Gasteiger partial charge in [-0.1, -0.05) is 64.8 Å². The first-order valence-electron chi connectivity index (χ1n) is 12.9. The van der Waals surface area contributed by atoms with Crippen LogP contribution in [0.5, 0.6) is 0 Å². The molecule has 5 aliphatic rings. The summed E-state index contributed by atoms with van der Waals surface area (Å²) < 4.78 is 6.29. The Labute approximate surface area is 184 Å². The maximum absolute atomic E-state index is 10.2. The first-order chi connectivity index (χ1) is 14.2. The molecule has 168 valence electrons. The van der Waals surface area contributed by atoms with Crippen molar-refractivity contribution in [1.82, 2.24) is 0 Å². The van der Waals surface area contributed by atoms with Crippen molar-refractivity contribution in [3.63, 3.8) is 0 Å². The van der Waals surface area contributed by atoms with E-state index in [4.69, 9.17) is 4.74 Å². The molecule has 4 aliphatic carbocycles. The van der Waals surface area contributed by atoms with Gasteiger partial charge in [-0.3, -0.25) is 0 Å². The number of ether oxygens (including phenoxy) is 1. The maximum atomic E-state index is 10.2. The van der Waals surface area contributed by atoms with E-state index in [9.17, 15) is 5.11 Å². The molecule has 0 aromatic carbocycles. The lowest BCUT2D eigenvalue weighted by molar-refractivity contribution is 0.0299. The number of hydrogen-bond acceptors (Lipinski definition) is 2. The van der Waals surface area contributed by atoms with Gasteiger partial charge in [0.05, 0.1) is 18.3 Å². The van der Waals surface area contributed by atoms with Crippen molar-refractivity contribution in [2.75, 3.05) is 0 Å². The van der Waals surface area contributed by atoms with Gasteiger partial charge in [0.15, 0.2) is 0 Å². The van der Waals surface area contributed by atoms with Crippen molar-refractivity contribution in [3.8, 4) is 0 Å². The zero-order valence-corrected chi connectivity index (χ0v) is 20.2. The average molecular weight is 413 g/mol. The molecule has 0 amide bonds. The van der Waals surface area contributed by atoms with Gasteiger partial charge in [-0.15, -0.1) is 0 Å². The van der Waals surface area contributed by atoms with E-state index in [-0.39, 0.29) is 6.10 Å². The van der Waals surface area contributed by atoms with Crippen LogP contribution >= 0.6 is 0 Å². The van der Waals surface area contributed by atoms with Crippen LogP contribution in [0.3, 0.4) is 0 Å². The number of fused-ring (bicyclic) bond motifs is 5. The molecule has 0 radical (unpaired) electrons. The summed E-state index contributed by atoms with van der Waals surface area (Å²) in [6, 6.07) is 0. The fourth-order valence-corrected chi connectivity index (χ4v) is 8.48. The normalized spacial score (nSPS) is 49.5. The molecular formula is C28H44O2. The molecule has 0 bridgehead atoms. The largest absolute Gasteiger partial charge is 0.393 e. The van der Waals surface area contributed by atoms with E-state index >= 15 is 0 Å². The SMILES string of the molecule is CC(C)[C@H](C)[C@@H]1O[C@H]1[C@@H](C)[C@H]1CC[C@H]2C3=CC=C4C[C@@H](O)CC[C@]4(C)[C@H]3CC[C@]12C. The fraction of sp³-hybridized carbons (Fsp3) is 0.857. The molecule has 10 atom stereocenters. The van der Waals surface area contributed by atoms with Gasteiger partial charge in [-0.25, -0.2) is 0 Å². The van der Waals surface area contributed by atoms with Crippen LogP contribution in [0.15, 0.2) is 23.3 Å². The first-order valence-corrected chi connectivity index (χ1v) is 12.9. The molecule has 1 saturated heterocycles. The van der Waals surface area contributed by atoms with Crippen molar-refractivity contribution >= 4 is 0 Å². The predicted octanol–water partition coefficient (Wildman–Crippen LogP) is 6.54. The maximum Gasteiger partial charge on any atom is 0.0873 e. The summed E-state index contributed by atoms with van der Waals surface area (Å²) in [6.07, 6.45) is 14.3. The summed E-state index contributed by atoms with van der Waals surface area (Å²) in [4.78, 5) is 0. The fourth-order valence-electron chi connectivity index (χ4n) is 8.48. The predicted molar refractivity (Wildman–Crippen MR) is 123 cm³/mol. The lowest BCUT2D eigenvalue weighted by atomic mass is 9.50. The Hall–Kier alpha value is -0.600. The zero-order chi connectivity index (χ0) is 21.4. The van der Waals surface area contributed by atoms with E-state index in [1.54, 1.807) is 5.57 Å². The molecule has 2 heteroatoms. The average Bonchev–Trinajstić information content (AvgIpc) is 3.42. The molecule has 4 fully saturated rings. The molecule has 3 saturated carbocycles. The van der Waals surface area contributed by atoms with Crippen LogP contribution < -0.4 is 0 Å². The van der Waals surface area contributed by atoms with Gasteiger partial charge in [0.25, 0.3) is 0 Å². The molecule has 0 spiro atoms. The lowest BCUT2D eigenvalue weighted by Gasteiger charge is -2.55.